The Balaban J connectivity index is 2.60. The summed E-state index contributed by atoms with van der Waals surface area (Å²) >= 11 is 5.64. The van der Waals surface area contributed by atoms with Crippen LogP contribution in [0.4, 0.5) is 5.69 Å². The van der Waals surface area contributed by atoms with Gasteiger partial charge >= 0.3 is 5.69 Å². The quantitative estimate of drug-likeness (QED) is 0.365. The number of halogens is 1. The summed E-state index contributed by atoms with van der Waals surface area (Å²) in [4.78, 5) is 13.8. The van der Waals surface area contributed by atoms with Gasteiger partial charge in [-0.3, -0.25) is 14.7 Å². The zero-order valence-corrected chi connectivity index (χ0v) is 11.1. The van der Waals surface area contributed by atoms with Gasteiger partial charge in [0.25, 0.3) is 10.1 Å². The van der Waals surface area contributed by atoms with E-state index in [-0.39, 0.29) is 5.56 Å². The third-order valence-corrected chi connectivity index (χ3v) is 4.52. The van der Waals surface area contributed by atoms with Crippen LogP contribution in [0, 0.1) is 16.0 Å². The first kappa shape index (κ1) is 14.1. The summed E-state index contributed by atoms with van der Waals surface area (Å²) in [5, 5.41) is 12.1. The van der Waals surface area contributed by atoms with E-state index in [1.54, 1.807) is 0 Å². The molecule has 0 saturated carbocycles. The average molecular weight is 308 g/mol. The van der Waals surface area contributed by atoms with Crippen molar-refractivity contribution in [1.82, 2.24) is 10.3 Å². The van der Waals surface area contributed by atoms with Crippen LogP contribution in [0.25, 0.3) is 0 Å². The fourth-order valence-electron chi connectivity index (χ4n) is 2.04. The highest BCUT2D eigenvalue weighted by Gasteiger charge is 2.41. The minimum atomic E-state index is -4.48. The summed E-state index contributed by atoms with van der Waals surface area (Å²) < 4.78 is 32.3. The van der Waals surface area contributed by atoms with Crippen molar-refractivity contribution in [2.45, 2.75) is 5.25 Å². The molecule has 0 bridgehead atoms. The largest absolute Gasteiger partial charge is 0.316 e. The molecule has 1 aromatic heterocycles. The van der Waals surface area contributed by atoms with E-state index in [1.807, 2.05) is 0 Å². The Morgan fingerprint density at radius 2 is 2.21 bits per heavy atom. The molecule has 2 rings (SSSR count). The molecule has 1 unspecified atom stereocenters. The number of nitrogens with one attached hydrogen (secondary N) is 1. The molecule has 1 saturated heterocycles. The van der Waals surface area contributed by atoms with Crippen LogP contribution in [0.5, 0.6) is 0 Å². The highest BCUT2D eigenvalue weighted by atomic mass is 35.5. The molecule has 104 valence electrons. The van der Waals surface area contributed by atoms with E-state index < -0.39 is 37.0 Å². The topological polar surface area (TPSA) is 122 Å². The van der Waals surface area contributed by atoms with E-state index in [0.717, 1.165) is 0 Å². The molecule has 1 aromatic rings. The highest BCUT2D eigenvalue weighted by Crippen LogP contribution is 2.39. The molecule has 2 N–H and O–H groups in total. The van der Waals surface area contributed by atoms with E-state index in [1.165, 1.54) is 12.3 Å². The number of hydrogen-bond donors (Lipinski definition) is 2. The van der Waals surface area contributed by atoms with Gasteiger partial charge in [0.2, 0.25) is 5.15 Å². The number of pyridine rings is 1. The highest BCUT2D eigenvalue weighted by molar-refractivity contribution is 7.86. The van der Waals surface area contributed by atoms with E-state index in [9.17, 15) is 23.1 Å². The smallest absolute Gasteiger partial charge is 0.311 e. The molecule has 0 amide bonds. The molecule has 19 heavy (non-hydrogen) atoms. The first-order valence-electron chi connectivity index (χ1n) is 5.28. The second kappa shape index (κ2) is 5.00. The minimum Gasteiger partial charge on any atom is -0.316 e. The SMILES string of the molecule is O=[N+]([O-])c1c(C(C2CNC2)S(=O)(=O)O)ccnc1Cl. The minimum absolute atomic E-state index is 0.140. The van der Waals surface area contributed by atoms with Crippen LogP contribution < -0.4 is 5.32 Å². The van der Waals surface area contributed by atoms with Crippen LogP contribution in [0.2, 0.25) is 5.15 Å². The summed E-state index contributed by atoms with van der Waals surface area (Å²) in [5.74, 6) is -0.438. The summed E-state index contributed by atoms with van der Waals surface area (Å²) in [6.45, 7) is 0.698. The maximum atomic E-state index is 11.5. The van der Waals surface area contributed by atoms with E-state index >= 15 is 0 Å². The molecule has 0 aromatic carbocycles. The lowest BCUT2D eigenvalue weighted by Crippen LogP contribution is -2.47. The Morgan fingerprint density at radius 3 is 2.63 bits per heavy atom. The van der Waals surface area contributed by atoms with Crippen molar-refractivity contribution in [2.75, 3.05) is 13.1 Å². The molecule has 1 aliphatic rings. The lowest BCUT2D eigenvalue weighted by Gasteiger charge is -2.32. The Kier molecular flexibility index (Phi) is 3.72. The molecule has 1 fully saturated rings. The average Bonchev–Trinajstić information content (AvgIpc) is 2.20. The molecule has 1 aliphatic heterocycles. The zero-order valence-electron chi connectivity index (χ0n) is 9.48. The summed E-state index contributed by atoms with van der Waals surface area (Å²) in [5.41, 5.74) is -0.724. The molecule has 0 radical (unpaired) electrons. The lowest BCUT2D eigenvalue weighted by atomic mass is 9.93. The fraction of sp³-hybridized carbons (Fsp3) is 0.444. The predicted molar refractivity (Wildman–Crippen MR) is 66.6 cm³/mol. The van der Waals surface area contributed by atoms with Crippen molar-refractivity contribution in [3.63, 3.8) is 0 Å². The fourth-order valence-corrected chi connectivity index (χ4v) is 3.46. The lowest BCUT2D eigenvalue weighted by molar-refractivity contribution is -0.385. The van der Waals surface area contributed by atoms with Crippen LogP contribution >= 0.6 is 11.6 Å². The summed E-state index contributed by atoms with van der Waals surface area (Å²) in [6.07, 6.45) is 1.18. The van der Waals surface area contributed by atoms with Gasteiger partial charge < -0.3 is 5.32 Å². The molecule has 2 heterocycles. The van der Waals surface area contributed by atoms with Gasteiger partial charge in [-0.25, -0.2) is 4.98 Å². The van der Waals surface area contributed by atoms with Crippen molar-refractivity contribution in [3.8, 4) is 0 Å². The van der Waals surface area contributed by atoms with Crippen molar-refractivity contribution >= 4 is 27.4 Å². The maximum absolute atomic E-state index is 11.5. The van der Waals surface area contributed by atoms with Crippen molar-refractivity contribution in [3.05, 3.63) is 33.1 Å². The number of nitro groups is 1. The van der Waals surface area contributed by atoms with Gasteiger partial charge in [0.05, 0.1) is 10.5 Å². The van der Waals surface area contributed by atoms with Gasteiger partial charge in [-0.2, -0.15) is 8.42 Å². The number of hydrogen-bond acceptors (Lipinski definition) is 6. The second-order valence-electron chi connectivity index (χ2n) is 4.15. The van der Waals surface area contributed by atoms with Crippen molar-refractivity contribution in [2.24, 2.45) is 5.92 Å². The number of rotatable bonds is 4. The number of aromatic nitrogens is 1. The maximum Gasteiger partial charge on any atom is 0.311 e. The standard InChI is InChI=1S/C9H10ClN3O5S/c10-9-7(13(14)15)6(1-2-12-9)8(19(16,17)18)5-3-11-4-5/h1-2,5,8,11H,3-4H2,(H,16,17,18). The van der Waals surface area contributed by atoms with Crippen LogP contribution in [0.15, 0.2) is 12.3 Å². The van der Waals surface area contributed by atoms with Gasteiger partial charge in [-0.15, -0.1) is 0 Å². The molecular weight excluding hydrogens is 298 g/mol. The van der Waals surface area contributed by atoms with Gasteiger partial charge in [0, 0.05) is 25.2 Å². The van der Waals surface area contributed by atoms with Gasteiger partial charge in [0.15, 0.2) is 0 Å². The van der Waals surface area contributed by atoms with E-state index in [0.29, 0.717) is 13.1 Å². The molecule has 0 spiro atoms. The summed E-state index contributed by atoms with van der Waals surface area (Å²) in [7, 11) is -4.48. The predicted octanol–water partition coefficient (Wildman–Crippen LogP) is 0.791. The third-order valence-electron chi connectivity index (χ3n) is 2.96. The van der Waals surface area contributed by atoms with Crippen LogP contribution in [0.3, 0.4) is 0 Å². The van der Waals surface area contributed by atoms with E-state index in [4.69, 9.17) is 11.6 Å². The van der Waals surface area contributed by atoms with Crippen LogP contribution in [-0.4, -0.2) is 36.0 Å². The van der Waals surface area contributed by atoms with Crippen molar-refractivity contribution in [1.29, 1.82) is 0 Å². The molecule has 8 nitrogen and oxygen atoms in total. The first-order chi connectivity index (χ1) is 8.82. The molecule has 1 atom stereocenters. The van der Waals surface area contributed by atoms with Gasteiger partial charge in [-0.1, -0.05) is 11.6 Å². The second-order valence-corrected chi connectivity index (χ2v) is 6.05. The Hall–Kier alpha value is -1.29. The molecule has 0 aliphatic carbocycles. The monoisotopic (exact) mass is 307 g/mol. The Morgan fingerprint density at radius 1 is 1.58 bits per heavy atom. The van der Waals surface area contributed by atoms with Crippen molar-refractivity contribution < 1.29 is 17.9 Å². The zero-order chi connectivity index (χ0) is 14.2. The molecule has 10 heteroatoms. The normalized spacial score (nSPS) is 17.8. The Labute approximate surface area is 113 Å². The molecular formula is C9H10ClN3O5S. The summed E-state index contributed by atoms with van der Waals surface area (Å²) in [6, 6.07) is 1.20. The van der Waals surface area contributed by atoms with E-state index in [2.05, 4.69) is 10.3 Å². The number of nitrogens with zero attached hydrogens (tertiary/aromatic N) is 2. The van der Waals surface area contributed by atoms with Crippen LogP contribution in [-0.2, 0) is 10.1 Å². The first-order valence-corrected chi connectivity index (χ1v) is 7.16. The third kappa shape index (κ3) is 2.68. The van der Waals surface area contributed by atoms with Crippen LogP contribution in [0.1, 0.15) is 10.8 Å². The Bertz CT molecular complexity index is 616. The van der Waals surface area contributed by atoms with Gasteiger partial charge in [0.1, 0.15) is 5.25 Å². The van der Waals surface area contributed by atoms with Gasteiger partial charge in [-0.05, 0) is 6.07 Å².